The number of carbonyl (C=O) groups excluding carboxylic acids is 1. The molecule has 0 aliphatic carbocycles. The van der Waals surface area contributed by atoms with E-state index in [1.807, 2.05) is 42.2 Å². The van der Waals surface area contributed by atoms with Crippen LogP contribution in [0, 0.1) is 0 Å². The molecule has 19 heavy (non-hydrogen) atoms. The first-order valence-electron chi connectivity index (χ1n) is 6.09. The molecule has 2 heterocycles. The van der Waals surface area contributed by atoms with Crippen molar-refractivity contribution in [3.63, 3.8) is 0 Å². The summed E-state index contributed by atoms with van der Waals surface area (Å²) in [7, 11) is 5.37. The highest BCUT2D eigenvalue weighted by molar-refractivity contribution is 5.98. The van der Waals surface area contributed by atoms with Crippen molar-refractivity contribution in [3.05, 3.63) is 48.0 Å². The summed E-state index contributed by atoms with van der Waals surface area (Å²) in [5, 5.41) is 3.28. The quantitative estimate of drug-likeness (QED) is 0.908. The molecule has 0 aromatic carbocycles. The molecule has 2 aromatic heterocycles. The van der Waals surface area contributed by atoms with Crippen LogP contribution in [0.3, 0.4) is 0 Å². The summed E-state index contributed by atoms with van der Waals surface area (Å²) >= 11 is 0. The van der Waals surface area contributed by atoms with Crippen LogP contribution < -0.4 is 5.32 Å². The van der Waals surface area contributed by atoms with Crippen molar-refractivity contribution in [2.45, 2.75) is 6.54 Å². The van der Waals surface area contributed by atoms with Gasteiger partial charge in [-0.05, 0) is 17.7 Å². The predicted octanol–water partition coefficient (Wildman–Crippen LogP) is 1.73. The Bertz CT molecular complexity index is 560. The minimum absolute atomic E-state index is 0.0128. The monoisotopic (exact) mass is 258 g/mol. The third kappa shape index (κ3) is 2.93. The lowest BCUT2D eigenvalue weighted by molar-refractivity contribution is 0.0819. The molecule has 0 saturated carbocycles. The molecule has 0 fully saturated rings. The van der Waals surface area contributed by atoms with Gasteiger partial charge in [0, 0.05) is 46.3 Å². The van der Waals surface area contributed by atoms with Gasteiger partial charge in [0.2, 0.25) is 0 Å². The molecular formula is C14H18N4O. The molecule has 0 radical (unpaired) electrons. The van der Waals surface area contributed by atoms with Gasteiger partial charge in [-0.15, -0.1) is 0 Å². The number of aryl methyl sites for hydroxylation is 1. The van der Waals surface area contributed by atoms with Gasteiger partial charge < -0.3 is 14.8 Å². The first-order chi connectivity index (χ1) is 9.09. The van der Waals surface area contributed by atoms with Crippen LogP contribution in [0.4, 0.5) is 5.69 Å². The Morgan fingerprint density at radius 1 is 1.42 bits per heavy atom. The number of carbonyl (C=O) groups is 1. The van der Waals surface area contributed by atoms with Gasteiger partial charge in [0.05, 0.1) is 5.69 Å². The normalized spacial score (nSPS) is 10.3. The summed E-state index contributed by atoms with van der Waals surface area (Å²) in [6, 6.07) is 5.80. The summed E-state index contributed by atoms with van der Waals surface area (Å²) in [5.74, 6) is -0.0128. The molecule has 5 heteroatoms. The Balaban J connectivity index is 2.15. The molecule has 2 rings (SSSR count). The number of nitrogens with one attached hydrogen (secondary N) is 1. The Morgan fingerprint density at radius 2 is 2.21 bits per heavy atom. The first-order valence-corrected chi connectivity index (χ1v) is 6.09. The molecule has 0 unspecified atom stereocenters. The lowest BCUT2D eigenvalue weighted by atomic mass is 10.2. The van der Waals surface area contributed by atoms with E-state index in [2.05, 4.69) is 10.3 Å². The maximum atomic E-state index is 12.1. The number of aromatic nitrogens is 2. The fourth-order valence-corrected chi connectivity index (χ4v) is 1.85. The highest BCUT2D eigenvalue weighted by atomic mass is 16.2. The van der Waals surface area contributed by atoms with E-state index in [0.29, 0.717) is 12.2 Å². The van der Waals surface area contributed by atoms with E-state index < -0.39 is 0 Å². The molecule has 5 nitrogen and oxygen atoms in total. The lowest BCUT2D eigenvalue weighted by Gasteiger charge is -2.14. The standard InChI is InChI=1S/C14H18N4O/c1-17(2)14(19)13-12(6-8-18(13)3)16-10-11-5-4-7-15-9-11/h4-9,16H,10H2,1-3H3. The van der Waals surface area contributed by atoms with Crippen molar-refractivity contribution < 1.29 is 4.79 Å². The largest absolute Gasteiger partial charge is 0.379 e. The lowest BCUT2D eigenvalue weighted by Crippen LogP contribution is -2.25. The van der Waals surface area contributed by atoms with Gasteiger partial charge in [-0.3, -0.25) is 9.78 Å². The van der Waals surface area contributed by atoms with E-state index in [9.17, 15) is 4.79 Å². The zero-order valence-corrected chi connectivity index (χ0v) is 11.4. The molecule has 1 N–H and O–H groups in total. The van der Waals surface area contributed by atoms with E-state index in [0.717, 1.165) is 11.3 Å². The number of anilines is 1. The third-order valence-corrected chi connectivity index (χ3v) is 2.89. The fourth-order valence-electron chi connectivity index (χ4n) is 1.85. The van der Waals surface area contributed by atoms with Gasteiger partial charge in [-0.25, -0.2) is 0 Å². The summed E-state index contributed by atoms with van der Waals surface area (Å²) in [4.78, 5) is 17.8. The molecule has 0 spiro atoms. The third-order valence-electron chi connectivity index (χ3n) is 2.89. The van der Waals surface area contributed by atoms with Gasteiger partial charge in [-0.1, -0.05) is 6.07 Å². The van der Waals surface area contributed by atoms with E-state index in [1.165, 1.54) is 0 Å². The number of rotatable bonds is 4. The highest BCUT2D eigenvalue weighted by Gasteiger charge is 2.16. The molecule has 0 aliphatic rings. The van der Waals surface area contributed by atoms with Crippen LogP contribution in [-0.2, 0) is 13.6 Å². The highest BCUT2D eigenvalue weighted by Crippen LogP contribution is 2.18. The maximum absolute atomic E-state index is 12.1. The average molecular weight is 258 g/mol. The molecular weight excluding hydrogens is 240 g/mol. The summed E-state index contributed by atoms with van der Waals surface area (Å²) in [6.07, 6.45) is 5.43. The van der Waals surface area contributed by atoms with Crippen LogP contribution in [-0.4, -0.2) is 34.5 Å². The number of hydrogen-bond acceptors (Lipinski definition) is 3. The van der Waals surface area contributed by atoms with Crippen LogP contribution in [0.15, 0.2) is 36.8 Å². The van der Waals surface area contributed by atoms with E-state index in [-0.39, 0.29) is 5.91 Å². The number of nitrogens with zero attached hydrogens (tertiary/aromatic N) is 3. The average Bonchev–Trinajstić information content (AvgIpc) is 2.77. The van der Waals surface area contributed by atoms with Crippen molar-refractivity contribution in [2.75, 3.05) is 19.4 Å². The van der Waals surface area contributed by atoms with Crippen LogP contribution in [0.1, 0.15) is 16.1 Å². The smallest absolute Gasteiger partial charge is 0.272 e. The minimum Gasteiger partial charge on any atom is -0.379 e. The van der Waals surface area contributed by atoms with Crippen LogP contribution in [0.25, 0.3) is 0 Å². The zero-order valence-electron chi connectivity index (χ0n) is 11.4. The maximum Gasteiger partial charge on any atom is 0.272 e. The van der Waals surface area contributed by atoms with Crippen molar-refractivity contribution in [3.8, 4) is 0 Å². The molecule has 100 valence electrons. The topological polar surface area (TPSA) is 50.2 Å². The van der Waals surface area contributed by atoms with E-state index >= 15 is 0 Å². The van der Waals surface area contributed by atoms with Gasteiger partial charge in [-0.2, -0.15) is 0 Å². The summed E-state index contributed by atoms with van der Waals surface area (Å²) in [5.41, 5.74) is 2.58. The van der Waals surface area contributed by atoms with E-state index in [1.54, 1.807) is 25.2 Å². The summed E-state index contributed by atoms with van der Waals surface area (Å²) < 4.78 is 1.83. The zero-order chi connectivity index (χ0) is 13.8. The Kier molecular flexibility index (Phi) is 3.85. The Morgan fingerprint density at radius 3 is 2.84 bits per heavy atom. The number of amides is 1. The Labute approximate surface area is 112 Å². The minimum atomic E-state index is -0.0128. The van der Waals surface area contributed by atoms with Crippen molar-refractivity contribution >= 4 is 11.6 Å². The molecule has 2 aromatic rings. The second-order valence-electron chi connectivity index (χ2n) is 4.60. The van der Waals surface area contributed by atoms with Gasteiger partial charge in [0.1, 0.15) is 5.69 Å². The number of pyridine rings is 1. The van der Waals surface area contributed by atoms with Crippen LogP contribution >= 0.6 is 0 Å². The predicted molar refractivity (Wildman–Crippen MR) is 75.0 cm³/mol. The van der Waals surface area contributed by atoms with Crippen molar-refractivity contribution in [2.24, 2.45) is 7.05 Å². The van der Waals surface area contributed by atoms with Gasteiger partial charge in [0.15, 0.2) is 0 Å². The first kappa shape index (κ1) is 13.1. The fraction of sp³-hybridized carbons (Fsp3) is 0.286. The van der Waals surface area contributed by atoms with Crippen LogP contribution in [0.2, 0.25) is 0 Å². The van der Waals surface area contributed by atoms with E-state index in [4.69, 9.17) is 0 Å². The molecule has 1 amide bonds. The molecule has 0 aliphatic heterocycles. The number of hydrogen-bond donors (Lipinski definition) is 1. The summed E-state index contributed by atoms with van der Waals surface area (Å²) in [6.45, 7) is 0.644. The molecule has 0 bridgehead atoms. The van der Waals surface area contributed by atoms with Gasteiger partial charge >= 0.3 is 0 Å². The van der Waals surface area contributed by atoms with Gasteiger partial charge in [0.25, 0.3) is 5.91 Å². The SMILES string of the molecule is CN(C)C(=O)c1c(NCc2cccnc2)ccn1C. The van der Waals surface area contributed by atoms with Crippen LogP contribution in [0.5, 0.6) is 0 Å². The van der Waals surface area contributed by atoms with Crippen molar-refractivity contribution in [1.29, 1.82) is 0 Å². The molecule has 0 saturated heterocycles. The van der Waals surface area contributed by atoms with Crippen molar-refractivity contribution in [1.82, 2.24) is 14.5 Å². The second kappa shape index (κ2) is 5.56. The molecule has 0 atom stereocenters. The second-order valence-corrected chi connectivity index (χ2v) is 4.60. The Hall–Kier alpha value is -2.30.